The highest BCUT2D eigenvalue weighted by atomic mass is 32.2. The van der Waals surface area contributed by atoms with E-state index in [1.54, 1.807) is 11.8 Å². The van der Waals surface area contributed by atoms with Gasteiger partial charge < -0.3 is 14.6 Å². The summed E-state index contributed by atoms with van der Waals surface area (Å²) >= 11 is 7.29. The van der Waals surface area contributed by atoms with Crippen LogP contribution in [0.4, 0.5) is 0 Å². The van der Waals surface area contributed by atoms with Crippen LogP contribution in [-0.2, 0) is 0 Å². The Morgan fingerprint density at radius 2 is 1.89 bits per heavy atom. The summed E-state index contributed by atoms with van der Waals surface area (Å²) in [5, 5.41) is 5.09. The molecule has 144 valence electrons. The molecule has 2 atom stereocenters. The van der Waals surface area contributed by atoms with Gasteiger partial charge in [0.15, 0.2) is 10.2 Å². The minimum atomic E-state index is -0.0341. The highest BCUT2D eigenvalue weighted by Gasteiger charge is 2.41. The lowest BCUT2D eigenvalue weighted by Crippen LogP contribution is -2.32. The maximum Gasteiger partial charge on any atom is 0.170 e. The summed E-state index contributed by atoms with van der Waals surface area (Å²) < 4.78 is 6.28. The van der Waals surface area contributed by atoms with Crippen LogP contribution in [0.25, 0.3) is 0 Å². The van der Waals surface area contributed by atoms with Crippen LogP contribution >= 0.6 is 24.0 Å². The third-order valence-corrected chi connectivity index (χ3v) is 5.90. The van der Waals surface area contributed by atoms with Gasteiger partial charge in [0.05, 0.1) is 11.7 Å². The molecular weight excluding hydrogens is 386 g/mol. The van der Waals surface area contributed by atoms with E-state index in [1.165, 1.54) is 0 Å². The summed E-state index contributed by atoms with van der Waals surface area (Å²) in [7, 11) is 0. The van der Waals surface area contributed by atoms with Gasteiger partial charge in [-0.2, -0.15) is 0 Å². The number of nitrogens with one attached hydrogen (secondary N) is 1. The molecule has 6 heteroatoms. The molecule has 3 heterocycles. The van der Waals surface area contributed by atoms with Crippen molar-refractivity contribution in [1.82, 2.24) is 15.2 Å². The van der Waals surface area contributed by atoms with Gasteiger partial charge in [0.1, 0.15) is 11.8 Å². The minimum absolute atomic E-state index is 0.0186. The normalized spacial score (nSPS) is 19.2. The van der Waals surface area contributed by atoms with Gasteiger partial charge in [-0.05, 0) is 54.5 Å². The highest BCUT2D eigenvalue weighted by Crippen LogP contribution is 2.41. The van der Waals surface area contributed by atoms with Crippen molar-refractivity contribution < 1.29 is 4.42 Å². The molecule has 0 unspecified atom stereocenters. The molecule has 4 rings (SSSR count). The molecule has 1 fully saturated rings. The quantitative estimate of drug-likeness (QED) is 0.546. The van der Waals surface area contributed by atoms with Gasteiger partial charge in [-0.15, -0.1) is 0 Å². The van der Waals surface area contributed by atoms with E-state index < -0.39 is 0 Å². The Morgan fingerprint density at radius 3 is 2.61 bits per heavy atom. The van der Waals surface area contributed by atoms with E-state index in [0.29, 0.717) is 5.92 Å². The van der Waals surface area contributed by atoms with Crippen molar-refractivity contribution in [2.45, 2.75) is 35.9 Å². The van der Waals surface area contributed by atoms with Crippen molar-refractivity contribution in [3.8, 4) is 0 Å². The first-order valence-corrected chi connectivity index (χ1v) is 10.6. The fourth-order valence-corrected chi connectivity index (χ4v) is 4.57. The first-order valence-electron chi connectivity index (χ1n) is 9.42. The molecule has 0 amide bonds. The summed E-state index contributed by atoms with van der Waals surface area (Å²) in [5.41, 5.74) is 0.967. The number of pyridine rings is 1. The Labute approximate surface area is 175 Å². The van der Waals surface area contributed by atoms with E-state index in [2.05, 4.69) is 47.2 Å². The van der Waals surface area contributed by atoms with Gasteiger partial charge in [0.2, 0.25) is 0 Å². The van der Waals surface area contributed by atoms with Crippen LogP contribution in [0.5, 0.6) is 0 Å². The van der Waals surface area contributed by atoms with E-state index in [1.807, 2.05) is 48.7 Å². The van der Waals surface area contributed by atoms with Crippen LogP contribution in [0.15, 0.2) is 81.3 Å². The van der Waals surface area contributed by atoms with Crippen LogP contribution in [0, 0.1) is 5.92 Å². The third kappa shape index (κ3) is 4.08. The molecule has 0 radical (unpaired) electrons. The van der Waals surface area contributed by atoms with Crippen molar-refractivity contribution >= 4 is 29.1 Å². The Bertz CT molecular complexity index is 927. The van der Waals surface area contributed by atoms with Gasteiger partial charge in [0, 0.05) is 17.6 Å². The molecule has 1 aliphatic rings. The average molecular weight is 410 g/mol. The predicted molar refractivity (Wildman–Crippen MR) is 116 cm³/mol. The third-order valence-electron chi connectivity index (χ3n) is 4.61. The molecule has 0 aliphatic carbocycles. The Kier molecular flexibility index (Phi) is 5.69. The standard InChI is InChI=1S/C22H23N3OS2/c1-15(2)14-25-21(20(24-22(25)27)17-10-6-7-13-23-17)18-11-12-19(26-18)28-16-8-4-3-5-9-16/h3-13,15,20-21H,14H2,1-2H3,(H,24,27)/t20-,21+/m1/s1. The Balaban J connectivity index is 1.65. The second kappa shape index (κ2) is 8.37. The SMILES string of the molecule is CC(C)CN1C(=S)N[C@H](c2ccccn2)[C@@H]1c1ccc(Sc2ccccc2)o1. The fourth-order valence-electron chi connectivity index (χ4n) is 3.46. The lowest BCUT2D eigenvalue weighted by Gasteiger charge is -2.27. The number of aromatic nitrogens is 1. The molecule has 3 aromatic rings. The zero-order chi connectivity index (χ0) is 19.5. The van der Waals surface area contributed by atoms with Gasteiger partial charge in [-0.25, -0.2) is 0 Å². The number of furan rings is 1. The van der Waals surface area contributed by atoms with Crippen LogP contribution in [0.1, 0.15) is 37.4 Å². The van der Waals surface area contributed by atoms with Gasteiger partial charge >= 0.3 is 0 Å². The molecular formula is C22H23N3OS2. The smallest absolute Gasteiger partial charge is 0.170 e. The van der Waals surface area contributed by atoms with Gasteiger partial charge in [-0.1, -0.05) is 49.9 Å². The molecule has 0 spiro atoms. The summed E-state index contributed by atoms with van der Waals surface area (Å²) in [4.78, 5) is 7.95. The number of hydrogen-bond acceptors (Lipinski definition) is 4. The van der Waals surface area contributed by atoms with Crippen LogP contribution in [0.3, 0.4) is 0 Å². The summed E-state index contributed by atoms with van der Waals surface area (Å²) in [6.45, 7) is 5.26. The lowest BCUT2D eigenvalue weighted by molar-refractivity contribution is 0.242. The summed E-state index contributed by atoms with van der Waals surface area (Å²) in [6, 6.07) is 20.3. The van der Waals surface area contributed by atoms with Crippen LogP contribution < -0.4 is 5.32 Å². The monoisotopic (exact) mass is 409 g/mol. The van der Waals surface area contributed by atoms with E-state index in [-0.39, 0.29) is 12.1 Å². The molecule has 1 saturated heterocycles. The minimum Gasteiger partial charge on any atom is -0.452 e. The molecule has 0 bridgehead atoms. The first-order chi connectivity index (χ1) is 13.6. The second-order valence-corrected chi connectivity index (χ2v) is 8.71. The van der Waals surface area contributed by atoms with Gasteiger partial charge in [-0.3, -0.25) is 4.98 Å². The number of rotatable bonds is 6. The zero-order valence-electron chi connectivity index (χ0n) is 15.9. The van der Waals surface area contributed by atoms with Crippen LogP contribution in [-0.4, -0.2) is 21.5 Å². The van der Waals surface area contributed by atoms with Crippen molar-refractivity contribution in [1.29, 1.82) is 0 Å². The Morgan fingerprint density at radius 1 is 1.11 bits per heavy atom. The number of hydrogen-bond donors (Lipinski definition) is 1. The van der Waals surface area contributed by atoms with Crippen molar-refractivity contribution in [3.63, 3.8) is 0 Å². The van der Waals surface area contributed by atoms with Crippen molar-refractivity contribution in [2.75, 3.05) is 6.54 Å². The first kappa shape index (κ1) is 19.0. The molecule has 1 N–H and O–H groups in total. The average Bonchev–Trinajstić information content (AvgIpc) is 3.27. The van der Waals surface area contributed by atoms with E-state index in [4.69, 9.17) is 16.6 Å². The molecule has 1 aromatic carbocycles. The largest absolute Gasteiger partial charge is 0.452 e. The molecule has 1 aliphatic heterocycles. The molecule has 2 aromatic heterocycles. The maximum atomic E-state index is 6.28. The van der Waals surface area contributed by atoms with E-state index in [0.717, 1.165) is 33.1 Å². The van der Waals surface area contributed by atoms with Crippen LogP contribution in [0.2, 0.25) is 0 Å². The lowest BCUT2D eigenvalue weighted by atomic mass is 10.0. The molecule has 28 heavy (non-hydrogen) atoms. The topological polar surface area (TPSA) is 41.3 Å². The predicted octanol–water partition coefficient (Wildman–Crippen LogP) is 5.45. The van der Waals surface area contributed by atoms with E-state index in [9.17, 15) is 0 Å². The molecule has 4 nitrogen and oxygen atoms in total. The second-order valence-electron chi connectivity index (χ2n) is 7.24. The number of thiocarbonyl (C=S) groups is 1. The molecule has 0 saturated carbocycles. The number of nitrogens with zero attached hydrogens (tertiary/aromatic N) is 2. The summed E-state index contributed by atoms with van der Waals surface area (Å²) in [5.74, 6) is 1.39. The Hall–Kier alpha value is -2.31. The van der Waals surface area contributed by atoms with E-state index >= 15 is 0 Å². The summed E-state index contributed by atoms with van der Waals surface area (Å²) in [6.07, 6.45) is 1.82. The zero-order valence-corrected chi connectivity index (χ0v) is 17.5. The van der Waals surface area contributed by atoms with Crippen molar-refractivity contribution in [2.24, 2.45) is 5.92 Å². The van der Waals surface area contributed by atoms with Gasteiger partial charge in [0.25, 0.3) is 0 Å². The maximum absolute atomic E-state index is 6.28. The van der Waals surface area contributed by atoms with Crippen molar-refractivity contribution in [3.05, 3.63) is 78.3 Å². The highest BCUT2D eigenvalue weighted by molar-refractivity contribution is 7.99. The fraction of sp³-hybridized carbons (Fsp3) is 0.273. The number of benzene rings is 1.